The SMILES string of the molecule is COC(=O)c1ccc(F)c(NC2CC(C)OC(C)C2)c1. The number of ether oxygens (including phenoxy) is 2. The molecular formula is C15H20FNO3. The van der Waals surface area contributed by atoms with Crippen molar-refractivity contribution in [3.63, 3.8) is 0 Å². The Balaban J connectivity index is 2.13. The lowest BCUT2D eigenvalue weighted by Crippen LogP contribution is -2.37. The molecule has 0 spiro atoms. The maximum absolute atomic E-state index is 13.8. The van der Waals surface area contributed by atoms with Crippen LogP contribution in [0.5, 0.6) is 0 Å². The van der Waals surface area contributed by atoms with Gasteiger partial charge >= 0.3 is 5.97 Å². The zero-order chi connectivity index (χ0) is 14.7. The van der Waals surface area contributed by atoms with E-state index in [1.54, 1.807) is 0 Å². The summed E-state index contributed by atoms with van der Waals surface area (Å²) in [6.07, 6.45) is 1.91. The van der Waals surface area contributed by atoms with Crippen LogP contribution >= 0.6 is 0 Å². The van der Waals surface area contributed by atoms with Gasteiger partial charge in [-0.3, -0.25) is 0 Å². The number of hydrogen-bond donors (Lipinski definition) is 1. The molecule has 0 aromatic heterocycles. The van der Waals surface area contributed by atoms with Gasteiger partial charge in [-0.05, 0) is 44.9 Å². The van der Waals surface area contributed by atoms with Gasteiger partial charge in [-0.25, -0.2) is 9.18 Å². The molecule has 1 aliphatic rings. The lowest BCUT2D eigenvalue weighted by atomic mass is 9.99. The molecule has 4 nitrogen and oxygen atoms in total. The molecule has 0 amide bonds. The number of nitrogens with one attached hydrogen (secondary N) is 1. The molecule has 1 fully saturated rings. The highest BCUT2D eigenvalue weighted by molar-refractivity contribution is 5.90. The van der Waals surface area contributed by atoms with Crippen LogP contribution in [0.25, 0.3) is 0 Å². The monoisotopic (exact) mass is 281 g/mol. The van der Waals surface area contributed by atoms with Crippen molar-refractivity contribution in [1.82, 2.24) is 0 Å². The van der Waals surface area contributed by atoms with Crippen LogP contribution in [0.15, 0.2) is 18.2 Å². The van der Waals surface area contributed by atoms with Gasteiger partial charge in [-0.15, -0.1) is 0 Å². The first-order valence-corrected chi connectivity index (χ1v) is 6.79. The molecule has 5 heteroatoms. The molecule has 1 N–H and O–H groups in total. The summed E-state index contributed by atoms with van der Waals surface area (Å²) in [5.41, 5.74) is 0.670. The van der Waals surface area contributed by atoms with E-state index in [-0.39, 0.29) is 24.1 Å². The summed E-state index contributed by atoms with van der Waals surface area (Å²) < 4.78 is 24.1. The first kappa shape index (κ1) is 14.8. The van der Waals surface area contributed by atoms with Crippen molar-refractivity contribution in [1.29, 1.82) is 0 Å². The van der Waals surface area contributed by atoms with Crippen LogP contribution < -0.4 is 5.32 Å². The maximum Gasteiger partial charge on any atom is 0.337 e. The van der Waals surface area contributed by atoms with Gasteiger partial charge in [0.05, 0.1) is 30.6 Å². The topological polar surface area (TPSA) is 47.6 Å². The number of hydrogen-bond acceptors (Lipinski definition) is 4. The fraction of sp³-hybridized carbons (Fsp3) is 0.533. The first-order valence-electron chi connectivity index (χ1n) is 6.79. The summed E-state index contributed by atoms with van der Waals surface area (Å²) in [7, 11) is 1.31. The van der Waals surface area contributed by atoms with Gasteiger partial charge < -0.3 is 14.8 Å². The van der Waals surface area contributed by atoms with Gasteiger partial charge in [0.25, 0.3) is 0 Å². The highest BCUT2D eigenvalue weighted by Gasteiger charge is 2.25. The fourth-order valence-electron chi connectivity index (χ4n) is 2.62. The van der Waals surface area contributed by atoms with Gasteiger partial charge in [-0.2, -0.15) is 0 Å². The van der Waals surface area contributed by atoms with Crippen LogP contribution in [0.1, 0.15) is 37.0 Å². The van der Waals surface area contributed by atoms with Crippen LogP contribution in [0.3, 0.4) is 0 Å². The number of methoxy groups -OCH3 is 1. The molecule has 1 saturated heterocycles. The lowest BCUT2D eigenvalue weighted by Gasteiger charge is -2.33. The van der Waals surface area contributed by atoms with E-state index in [0.29, 0.717) is 11.3 Å². The Hall–Kier alpha value is -1.62. The predicted octanol–water partition coefficient (Wildman–Crippen LogP) is 2.98. The number of carbonyl (C=O) groups excluding carboxylic acids is 1. The minimum absolute atomic E-state index is 0.135. The Morgan fingerprint density at radius 2 is 2.00 bits per heavy atom. The number of rotatable bonds is 3. The predicted molar refractivity (Wildman–Crippen MR) is 74.4 cm³/mol. The summed E-state index contributed by atoms with van der Waals surface area (Å²) in [6.45, 7) is 4.01. The molecule has 20 heavy (non-hydrogen) atoms. The Morgan fingerprint density at radius 1 is 1.35 bits per heavy atom. The second-order valence-electron chi connectivity index (χ2n) is 5.26. The molecule has 2 atom stereocenters. The smallest absolute Gasteiger partial charge is 0.337 e. The summed E-state index contributed by atoms with van der Waals surface area (Å²) >= 11 is 0. The van der Waals surface area contributed by atoms with E-state index in [0.717, 1.165) is 12.8 Å². The van der Waals surface area contributed by atoms with E-state index in [1.165, 1.54) is 25.3 Å². The number of carbonyl (C=O) groups is 1. The normalized spacial score (nSPS) is 26.1. The fourth-order valence-corrected chi connectivity index (χ4v) is 2.62. The summed E-state index contributed by atoms with van der Waals surface area (Å²) in [4.78, 5) is 11.5. The van der Waals surface area contributed by atoms with Crippen LogP contribution in [0.2, 0.25) is 0 Å². The molecule has 0 saturated carbocycles. The number of benzene rings is 1. The Labute approximate surface area is 118 Å². The van der Waals surface area contributed by atoms with E-state index in [4.69, 9.17) is 4.74 Å². The minimum Gasteiger partial charge on any atom is -0.465 e. The second-order valence-corrected chi connectivity index (χ2v) is 5.26. The van der Waals surface area contributed by atoms with Crippen molar-refractivity contribution >= 4 is 11.7 Å². The van der Waals surface area contributed by atoms with Crippen molar-refractivity contribution in [2.24, 2.45) is 0 Å². The van der Waals surface area contributed by atoms with E-state index >= 15 is 0 Å². The zero-order valence-electron chi connectivity index (χ0n) is 12.0. The third-order valence-corrected chi connectivity index (χ3v) is 3.44. The summed E-state index contributed by atoms with van der Waals surface area (Å²) in [5.74, 6) is -0.841. The molecule has 1 aliphatic heterocycles. The molecular weight excluding hydrogens is 261 g/mol. The van der Waals surface area contributed by atoms with Crippen molar-refractivity contribution in [3.8, 4) is 0 Å². The number of anilines is 1. The Bertz CT molecular complexity index is 482. The average molecular weight is 281 g/mol. The van der Waals surface area contributed by atoms with Gasteiger partial charge in [0.15, 0.2) is 0 Å². The van der Waals surface area contributed by atoms with Gasteiger partial charge in [0.1, 0.15) is 5.82 Å². The summed E-state index contributed by atoms with van der Waals surface area (Å²) in [6, 6.07) is 4.32. The summed E-state index contributed by atoms with van der Waals surface area (Å²) in [5, 5.41) is 3.17. The largest absolute Gasteiger partial charge is 0.465 e. The highest BCUT2D eigenvalue weighted by Crippen LogP contribution is 2.25. The number of halogens is 1. The lowest BCUT2D eigenvalue weighted by molar-refractivity contribution is -0.0338. The van der Waals surface area contributed by atoms with Crippen LogP contribution in [-0.2, 0) is 9.47 Å². The molecule has 1 heterocycles. The molecule has 1 aromatic carbocycles. The second kappa shape index (κ2) is 6.22. The van der Waals surface area contributed by atoms with Crippen LogP contribution in [-0.4, -0.2) is 31.3 Å². The molecule has 0 radical (unpaired) electrons. The first-order chi connectivity index (χ1) is 9.49. The standard InChI is InChI=1S/C15H20FNO3/c1-9-6-12(7-10(2)20-9)17-14-8-11(15(18)19-3)4-5-13(14)16/h4-5,8-10,12,17H,6-7H2,1-3H3. The molecule has 0 bridgehead atoms. The van der Waals surface area contributed by atoms with Crippen molar-refractivity contribution in [2.45, 2.75) is 44.9 Å². The van der Waals surface area contributed by atoms with E-state index in [1.807, 2.05) is 13.8 Å². The Kier molecular flexibility index (Phi) is 4.60. The van der Waals surface area contributed by atoms with E-state index in [9.17, 15) is 9.18 Å². The van der Waals surface area contributed by atoms with Crippen LogP contribution in [0.4, 0.5) is 10.1 Å². The van der Waals surface area contributed by atoms with Gasteiger partial charge in [-0.1, -0.05) is 0 Å². The quantitative estimate of drug-likeness (QED) is 0.865. The molecule has 110 valence electrons. The molecule has 2 rings (SSSR count). The third-order valence-electron chi connectivity index (χ3n) is 3.44. The van der Waals surface area contributed by atoms with Gasteiger partial charge in [0, 0.05) is 6.04 Å². The van der Waals surface area contributed by atoms with Gasteiger partial charge in [0.2, 0.25) is 0 Å². The third kappa shape index (κ3) is 3.48. The van der Waals surface area contributed by atoms with Crippen molar-refractivity contribution in [3.05, 3.63) is 29.6 Å². The van der Waals surface area contributed by atoms with E-state index in [2.05, 4.69) is 10.1 Å². The minimum atomic E-state index is -0.471. The van der Waals surface area contributed by atoms with E-state index < -0.39 is 5.97 Å². The maximum atomic E-state index is 13.8. The van der Waals surface area contributed by atoms with Crippen LogP contribution in [0, 0.1) is 5.82 Å². The zero-order valence-corrected chi connectivity index (χ0v) is 12.0. The average Bonchev–Trinajstić information content (AvgIpc) is 2.39. The molecule has 0 aliphatic carbocycles. The molecule has 2 unspecified atom stereocenters. The van der Waals surface area contributed by atoms with Crippen molar-refractivity contribution in [2.75, 3.05) is 12.4 Å². The molecule has 1 aromatic rings. The van der Waals surface area contributed by atoms with Crippen molar-refractivity contribution < 1.29 is 18.7 Å². The highest BCUT2D eigenvalue weighted by atomic mass is 19.1. The Morgan fingerprint density at radius 3 is 2.60 bits per heavy atom. The number of esters is 1.